The van der Waals surface area contributed by atoms with E-state index < -0.39 is 0 Å². The lowest BCUT2D eigenvalue weighted by Gasteiger charge is -2.34. The molecule has 0 saturated carbocycles. The molecule has 1 fully saturated rings. The molecule has 0 aliphatic carbocycles. The smallest absolute Gasteiger partial charge is 0.242 e. The number of carbonyl (C=O) groups excluding carboxylic acids is 1. The second kappa shape index (κ2) is 7.85. The van der Waals surface area contributed by atoms with Gasteiger partial charge in [-0.2, -0.15) is 0 Å². The van der Waals surface area contributed by atoms with Gasteiger partial charge in [-0.1, -0.05) is 13.3 Å². The summed E-state index contributed by atoms with van der Waals surface area (Å²) in [6.07, 6.45) is 5.21. The number of nitrogens with one attached hydrogen (secondary N) is 1. The summed E-state index contributed by atoms with van der Waals surface area (Å²) in [6.45, 7) is 7.97. The predicted octanol–water partition coefficient (Wildman–Crippen LogP) is 1.71. The van der Waals surface area contributed by atoms with Crippen molar-refractivity contribution in [1.29, 1.82) is 0 Å². The van der Waals surface area contributed by atoms with E-state index in [-0.39, 0.29) is 5.54 Å². The zero-order valence-electron chi connectivity index (χ0n) is 13.2. The summed E-state index contributed by atoms with van der Waals surface area (Å²) in [5, 5.41) is 3.48. The molecule has 1 saturated heterocycles. The summed E-state index contributed by atoms with van der Waals surface area (Å²) in [4.78, 5) is 17.0. The molecule has 4 nitrogen and oxygen atoms in total. The molecule has 1 rings (SSSR count). The number of nitrogens with zero attached hydrogens (tertiary/aromatic N) is 2. The number of hydrogen-bond acceptors (Lipinski definition) is 3. The van der Waals surface area contributed by atoms with Gasteiger partial charge in [0.25, 0.3) is 0 Å². The summed E-state index contributed by atoms with van der Waals surface area (Å²) in [5.74, 6) is 0.327. The Morgan fingerprint density at radius 2 is 2.00 bits per heavy atom. The average molecular weight is 269 g/mol. The molecule has 1 heterocycles. The van der Waals surface area contributed by atoms with Crippen molar-refractivity contribution >= 4 is 5.91 Å². The minimum Gasteiger partial charge on any atom is -0.341 e. The second-order valence-corrected chi connectivity index (χ2v) is 5.90. The van der Waals surface area contributed by atoms with Crippen LogP contribution in [-0.4, -0.2) is 61.5 Å². The molecule has 112 valence electrons. The Hall–Kier alpha value is -0.610. The highest BCUT2D eigenvalue weighted by Crippen LogP contribution is 2.27. The van der Waals surface area contributed by atoms with Crippen LogP contribution in [0.25, 0.3) is 0 Å². The predicted molar refractivity (Wildman–Crippen MR) is 80.3 cm³/mol. The topological polar surface area (TPSA) is 35.6 Å². The van der Waals surface area contributed by atoms with Gasteiger partial charge in [-0.15, -0.1) is 0 Å². The third kappa shape index (κ3) is 4.46. The fourth-order valence-electron chi connectivity index (χ4n) is 3.02. The Morgan fingerprint density at radius 1 is 1.26 bits per heavy atom. The van der Waals surface area contributed by atoms with Gasteiger partial charge in [-0.3, -0.25) is 4.79 Å². The molecule has 1 aliphatic heterocycles. The molecular weight excluding hydrogens is 238 g/mol. The first-order valence-electron chi connectivity index (χ1n) is 7.75. The summed E-state index contributed by atoms with van der Waals surface area (Å²) >= 11 is 0. The first kappa shape index (κ1) is 16.4. The third-order valence-electron chi connectivity index (χ3n) is 4.03. The van der Waals surface area contributed by atoms with Crippen LogP contribution in [0.4, 0.5) is 0 Å². The van der Waals surface area contributed by atoms with E-state index in [9.17, 15) is 4.79 Å². The first-order valence-corrected chi connectivity index (χ1v) is 7.75. The summed E-state index contributed by atoms with van der Waals surface area (Å²) < 4.78 is 0. The molecule has 0 aromatic carbocycles. The maximum absolute atomic E-state index is 12.8. The van der Waals surface area contributed by atoms with Crippen LogP contribution in [0.5, 0.6) is 0 Å². The molecule has 0 bridgehead atoms. The molecule has 4 heteroatoms. The van der Waals surface area contributed by atoms with Crippen molar-refractivity contribution in [2.24, 2.45) is 0 Å². The van der Waals surface area contributed by atoms with Crippen LogP contribution in [0, 0.1) is 0 Å². The SMILES string of the molecule is CCCC1(C(=O)N(CC)CCCN(C)C)CCCN1. The largest absolute Gasteiger partial charge is 0.341 e. The van der Waals surface area contributed by atoms with Gasteiger partial charge in [0, 0.05) is 13.1 Å². The van der Waals surface area contributed by atoms with E-state index in [0.717, 1.165) is 58.3 Å². The molecule has 19 heavy (non-hydrogen) atoms. The van der Waals surface area contributed by atoms with E-state index in [4.69, 9.17) is 0 Å². The number of amides is 1. The van der Waals surface area contributed by atoms with Crippen molar-refractivity contribution < 1.29 is 4.79 Å². The van der Waals surface area contributed by atoms with E-state index in [2.05, 4.69) is 38.2 Å². The van der Waals surface area contributed by atoms with Crippen LogP contribution in [0.15, 0.2) is 0 Å². The molecule has 1 aliphatic rings. The molecule has 1 amide bonds. The Morgan fingerprint density at radius 3 is 2.47 bits per heavy atom. The van der Waals surface area contributed by atoms with Crippen molar-refractivity contribution in [1.82, 2.24) is 15.1 Å². The Kier molecular flexibility index (Phi) is 6.80. The highest BCUT2D eigenvalue weighted by atomic mass is 16.2. The molecule has 0 aromatic heterocycles. The van der Waals surface area contributed by atoms with E-state index >= 15 is 0 Å². The summed E-state index contributed by atoms with van der Waals surface area (Å²) in [6, 6.07) is 0. The minimum absolute atomic E-state index is 0.261. The van der Waals surface area contributed by atoms with Crippen molar-refractivity contribution in [2.45, 2.75) is 51.5 Å². The minimum atomic E-state index is -0.261. The maximum Gasteiger partial charge on any atom is 0.242 e. The lowest BCUT2D eigenvalue weighted by molar-refractivity contribution is -0.138. The van der Waals surface area contributed by atoms with Crippen molar-refractivity contribution in [2.75, 3.05) is 40.3 Å². The Bertz CT molecular complexity index is 273. The van der Waals surface area contributed by atoms with Crippen LogP contribution >= 0.6 is 0 Å². The van der Waals surface area contributed by atoms with Crippen molar-refractivity contribution in [3.8, 4) is 0 Å². The summed E-state index contributed by atoms with van der Waals surface area (Å²) in [5.41, 5.74) is -0.261. The molecule has 0 radical (unpaired) electrons. The van der Waals surface area contributed by atoms with Gasteiger partial charge < -0.3 is 15.1 Å². The molecule has 0 spiro atoms. The normalized spacial score (nSPS) is 23.0. The highest BCUT2D eigenvalue weighted by Gasteiger charge is 2.41. The van der Waals surface area contributed by atoms with Crippen LogP contribution < -0.4 is 5.32 Å². The van der Waals surface area contributed by atoms with Gasteiger partial charge in [0.05, 0.1) is 5.54 Å². The number of carbonyl (C=O) groups is 1. The zero-order chi connectivity index (χ0) is 14.3. The van der Waals surface area contributed by atoms with Gasteiger partial charge in [0.1, 0.15) is 0 Å². The van der Waals surface area contributed by atoms with E-state index in [1.165, 1.54) is 0 Å². The van der Waals surface area contributed by atoms with Crippen LogP contribution in [0.3, 0.4) is 0 Å². The van der Waals surface area contributed by atoms with Crippen molar-refractivity contribution in [3.63, 3.8) is 0 Å². The van der Waals surface area contributed by atoms with E-state index in [0.29, 0.717) is 5.91 Å². The third-order valence-corrected chi connectivity index (χ3v) is 4.03. The van der Waals surface area contributed by atoms with Gasteiger partial charge >= 0.3 is 0 Å². The average Bonchev–Trinajstić information content (AvgIpc) is 2.84. The zero-order valence-corrected chi connectivity index (χ0v) is 13.2. The van der Waals surface area contributed by atoms with Crippen LogP contribution in [0.1, 0.15) is 46.0 Å². The van der Waals surface area contributed by atoms with Crippen molar-refractivity contribution in [3.05, 3.63) is 0 Å². The molecular formula is C15H31N3O. The van der Waals surface area contributed by atoms with Gasteiger partial charge in [-0.25, -0.2) is 0 Å². The van der Waals surface area contributed by atoms with Crippen LogP contribution in [0.2, 0.25) is 0 Å². The molecule has 1 unspecified atom stereocenters. The number of hydrogen-bond donors (Lipinski definition) is 1. The van der Waals surface area contributed by atoms with E-state index in [1.807, 2.05) is 4.90 Å². The number of likely N-dealkylation sites (N-methyl/N-ethyl adjacent to an activating group) is 1. The lowest BCUT2D eigenvalue weighted by atomic mass is 9.90. The Labute approximate surface area is 118 Å². The fraction of sp³-hybridized carbons (Fsp3) is 0.933. The number of rotatable bonds is 8. The maximum atomic E-state index is 12.8. The molecule has 1 atom stereocenters. The van der Waals surface area contributed by atoms with Crippen LogP contribution in [-0.2, 0) is 4.79 Å². The lowest BCUT2D eigenvalue weighted by Crippen LogP contribution is -2.55. The first-order chi connectivity index (χ1) is 9.05. The molecule has 1 N–H and O–H groups in total. The van der Waals surface area contributed by atoms with Gasteiger partial charge in [-0.05, 0) is 59.8 Å². The second-order valence-electron chi connectivity index (χ2n) is 5.90. The summed E-state index contributed by atoms with van der Waals surface area (Å²) in [7, 11) is 4.16. The fourth-order valence-corrected chi connectivity index (χ4v) is 3.02. The Balaban J connectivity index is 2.59. The van der Waals surface area contributed by atoms with E-state index in [1.54, 1.807) is 0 Å². The monoisotopic (exact) mass is 269 g/mol. The van der Waals surface area contributed by atoms with Gasteiger partial charge in [0.15, 0.2) is 0 Å². The standard InChI is InChI=1S/C15H31N3O/c1-5-9-15(10-7-11-16-15)14(19)18(6-2)13-8-12-17(3)4/h16H,5-13H2,1-4H3. The molecule has 0 aromatic rings. The quantitative estimate of drug-likeness (QED) is 0.728. The highest BCUT2D eigenvalue weighted by molar-refractivity contribution is 5.86. The van der Waals surface area contributed by atoms with Gasteiger partial charge in [0.2, 0.25) is 5.91 Å².